The number of aryl methyl sites for hydroxylation is 2. The fourth-order valence-electron chi connectivity index (χ4n) is 1.77. The molecule has 2 aromatic rings. The predicted molar refractivity (Wildman–Crippen MR) is 75.2 cm³/mol. The number of nitrogens with zero attached hydrogens (tertiary/aromatic N) is 4. The number of carbonyl (C=O) groups excluding carboxylic acids is 2. The Hall–Kier alpha value is -2.71. The zero-order chi connectivity index (χ0) is 16.1. The molecule has 0 unspecified atom stereocenters. The normalized spacial score (nSPS) is 10.5. The molecule has 0 aliphatic rings. The van der Waals surface area contributed by atoms with Gasteiger partial charge < -0.3 is 10.1 Å². The fourth-order valence-corrected chi connectivity index (χ4v) is 1.77. The first-order valence-electron chi connectivity index (χ1n) is 6.87. The van der Waals surface area contributed by atoms with E-state index in [-0.39, 0.29) is 30.3 Å². The van der Waals surface area contributed by atoms with Crippen LogP contribution < -0.4 is 5.32 Å². The van der Waals surface area contributed by atoms with Gasteiger partial charge in [-0.3, -0.25) is 9.48 Å². The van der Waals surface area contributed by atoms with E-state index in [1.165, 1.54) is 6.20 Å². The molecular weight excluding hydrogens is 290 g/mol. The number of amides is 1. The average molecular weight is 307 g/mol. The first-order valence-corrected chi connectivity index (χ1v) is 6.87. The molecule has 0 aromatic carbocycles. The van der Waals surface area contributed by atoms with Crippen molar-refractivity contribution < 1.29 is 19.0 Å². The molecule has 0 saturated heterocycles. The number of anilines is 1. The molecule has 118 valence electrons. The number of hydrogen-bond acceptors (Lipinski definition) is 7. The van der Waals surface area contributed by atoms with Crippen LogP contribution in [0.2, 0.25) is 0 Å². The molecule has 0 fully saturated rings. The second kappa shape index (κ2) is 6.83. The molecule has 0 aliphatic heterocycles. The quantitative estimate of drug-likeness (QED) is 0.791. The second-order valence-corrected chi connectivity index (χ2v) is 4.49. The fraction of sp³-hybridized carbons (Fsp3) is 0.462. The van der Waals surface area contributed by atoms with Crippen LogP contribution in [0, 0.1) is 6.92 Å². The molecule has 2 heterocycles. The Morgan fingerprint density at radius 1 is 1.36 bits per heavy atom. The standard InChI is InChI=1S/C13H17N5O4/c1-4-18-7-9(13(20)21-5-2)12(15-18)14-11(19)6-10-8(3)16-22-17-10/h7H,4-6H2,1-3H3,(H,14,15,19). The topological polar surface area (TPSA) is 112 Å². The molecule has 0 saturated carbocycles. The van der Waals surface area contributed by atoms with E-state index in [2.05, 4.69) is 25.4 Å². The van der Waals surface area contributed by atoms with Crippen molar-refractivity contribution in [1.82, 2.24) is 20.1 Å². The van der Waals surface area contributed by atoms with E-state index in [1.54, 1.807) is 18.5 Å². The first-order chi connectivity index (χ1) is 10.5. The van der Waals surface area contributed by atoms with Crippen LogP contribution in [0.1, 0.15) is 35.6 Å². The molecule has 0 spiro atoms. The predicted octanol–water partition coefficient (Wildman–Crippen LogP) is 0.952. The number of nitrogens with one attached hydrogen (secondary N) is 1. The van der Waals surface area contributed by atoms with Gasteiger partial charge in [0, 0.05) is 12.7 Å². The number of carbonyl (C=O) groups is 2. The van der Waals surface area contributed by atoms with Crippen molar-refractivity contribution >= 4 is 17.7 Å². The van der Waals surface area contributed by atoms with Crippen molar-refractivity contribution in [2.24, 2.45) is 0 Å². The van der Waals surface area contributed by atoms with Gasteiger partial charge in [-0.05, 0) is 20.8 Å². The SMILES string of the molecule is CCOC(=O)c1cn(CC)nc1NC(=O)Cc1nonc1C. The first kappa shape index (κ1) is 15.7. The summed E-state index contributed by atoms with van der Waals surface area (Å²) in [5.41, 5.74) is 1.19. The van der Waals surface area contributed by atoms with Crippen molar-refractivity contribution in [3.8, 4) is 0 Å². The van der Waals surface area contributed by atoms with Crippen molar-refractivity contribution in [3.63, 3.8) is 0 Å². The van der Waals surface area contributed by atoms with Crippen LogP contribution in [-0.2, 0) is 22.5 Å². The van der Waals surface area contributed by atoms with Crippen LogP contribution >= 0.6 is 0 Å². The molecule has 9 heteroatoms. The van der Waals surface area contributed by atoms with Gasteiger partial charge in [-0.2, -0.15) is 5.10 Å². The molecule has 0 atom stereocenters. The number of rotatable bonds is 6. The van der Waals surface area contributed by atoms with E-state index in [0.717, 1.165) is 0 Å². The van der Waals surface area contributed by atoms with E-state index >= 15 is 0 Å². The van der Waals surface area contributed by atoms with Crippen LogP contribution in [-0.4, -0.2) is 38.6 Å². The maximum Gasteiger partial charge on any atom is 0.343 e. The van der Waals surface area contributed by atoms with Gasteiger partial charge in [-0.25, -0.2) is 9.42 Å². The summed E-state index contributed by atoms with van der Waals surface area (Å²) in [4.78, 5) is 23.9. The smallest absolute Gasteiger partial charge is 0.343 e. The van der Waals surface area contributed by atoms with Crippen molar-refractivity contribution in [1.29, 1.82) is 0 Å². The third kappa shape index (κ3) is 3.48. The molecule has 0 bridgehead atoms. The zero-order valence-corrected chi connectivity index (χ0v) is 12.6. The van der Waals surface area contributed by atoms with Crippen molar-refractivity contribution in [2.45, 2.75) is 33.7 Å². The van der Waals surface area contributed by atoms with E-state index in [0.29, 0.717) is 17.9 Å². The van der Waals surface area contributed by atoms with E-state index in [4.69, 9.17) is 4.74 Å². The third-order valence-electron chi connectivity index (χ3n) is 2.91. The minimum Gasteiger partial charge on any atom is -0.462 e. The van der Waals surface area contributed by atoms with Crippen molar-refractivity contribution in [2.75, 3.05) is 11.9 Å². The van der Waals surface area contributed by atoms with Gasteiger partial charge >= 0.3 is 5.97 Å². The summed E-state index contributed by atoms with van der Waals surface area (Å²) in [7, 11) is 0. The number of hydrogen-bond donors (Lipinski definition) is 1. The summed E-state index contributed by atoms with van der Waals surface area (Å²) >= 11 is 0. The molecule has 1 N–H and O–H groups in total. The molecular formula is C13H17N5O4. The molecule has 0 aliphatic carbocycles. The monoisotopic (exact) mass is 307 g/mol. The lowest BCUT2D eigenvalue weighted by Crippen LogP contribution is -2.18. The Morgan fingerprint density at radius 3 is 2.73 bits per heavy atom. The van der Waals surface area contributed by atoms with Gasteiger partial charge in [0.2, 0.25) is 5.91 Å². The van der Waals surface area contributed by atoms with Crippen LogP contribution in [0.4, 0.5) is 5.82 Å². The van der Waals surface area contributed by atoms with Gasteiger partial charge in [0.25, 0.3) is 0 Å². The lowest BCUT2D eigenvalue weighted by atomic mass is 10.2. The van der Waals surface area contributed by atoms with E-state index in [1.807, 2.05) is 6.92 Å². The van der Waals surface area contributed by atoms with Crippen LogP contribution in [0.15, 0.2) is 10.8 Å². The Labute approximate surface area is 126 Å². The summed E-state index contributed by atoms with van der Waals surface area (Å²) in [5, 5.41) is 14.0. The van der Waals surface area contributed by atoms with Crippen LogP contribution in [0.25, 0.3) is 0 Å². The minimum absolute atomic E-state index is 0.0173. The Morgan fingerprint density at radius 2 is 2.14 bits per heavy atom. The second-order valence-electron chi connectivity index (χ2n) is 4.49. The van der Waals surface area contributed by atoms with Gasteiger partial charge in [0.05, 0.1) is 13.0 Å². The summed E-state index contributed by atoms with van der Waals surface area (Å²) < 4.78 is 11.0. The summed E-state index contributed by atoms with van der Waals surface area (Å²) in [6.07, 6.45) is 1.52. The largest absolute Gasteiger partial charge is 0.462 e. The molecule has 22 heavy (non-hydrogen) atoms. The summed E-state index contributed by atoms with van der Waals surface area (Å²) in [5.74, 6) is -0.734. The maximum atomic E-state index is 12.0. The molecule has 2 rings (SSSR count). The maximum absolute atomic E-state index is 12.0. The number of aromatic nitrogens is 4. The minimum atomic E-state index is -0.531. The van der Waals surface area contributed by atoms with Gasteiger partial charge in [-0.1, -0.05) is 10.3 Å². The molecule has 1 amide bonds. The van der Waals surface area contributed by atoms with Gasteiger partial charge in [0.1, 0.15) is 17.0 Å². The van der Waals surface area contributed by atoms with E-state index < -0.39 is 5.97 Å². The highest BCUT2D eigenvalue weighted by Gasteiger charge is 2.20. The average Bonchev–Trinajstić information content (AvgIpc) is 3.06. The Kier molecular flexibility index (Phi) is 4.87. The van der Waals surface area contributed by atoms with Gasteiger partial charge in [-0.15, -0.1) is 0 Å². The molecule has 9 nitrogen and oxygen atoms in total. The summed E-state index contributed by atoms with van der Waals surface area (Å²) in [6.45, 7) is 6.08. The van der Waals surface area contributed by atoms with Crippen molar-refractivity contribution in [3.05, 3.63) is 23.1 Å². The van der Waals surface area contributed by atoms with Crippen LogP contribution in [0.5, 0.6) is 0 Å². The zero-order valence-electron chi connectivity index (χ0n) is 12.6. The molecule has 0 radical (unpaired) electrons. The molecule has 2 aromatic heterocycles. The highest BCUT2D eigenvalue weighted by atomic mass is 16.6. The lowest BCUT2D eigenvalue weighted by Gasteiger charge is -2.03. The third-order valence-corrected chi connectivity index (χ3v) is 2.91. The number of ether oxygens (including phenoxy) is 1. The Bertz CT molecular complexity index is 676. The Balaban J connectivity index is 2.14. The highest BCUT2D eigenvalue weighted by molar-refractivity contribution is 6.00. The summed E-state index contributed by atoms with van der Waals surface area (Å²) in [6, 6.07) is 0. The van der Waals surface area contributed by atoms with Gasteiger partial charge in [0.15, 0.2) is 5.82 Å². The van der Waals surface area contributed by atoms with E-state index in [9.17, 15) is 9.59 Å². The highest BCUT2D eigenvalue weighted by Crippen LogP contribution is 2.15. The van der Waals surface area contributed by atoms with Crippen LogP contribution in [0.3, 0.4) is 0 Å². The number of esters is 1. The lowest BCUT2D eigenvalue weighted by molar-refractivity contribution is -0.115.